The van der Waals surface area contributed by atoms with Crippen LogP contribution < -0.4 is 0 Å². The summed E-state index contributed by atoms with van der Waals surface area (Å²) in [5.74, 6) is 0. The summed E-state index contributed by atoms with van der Waals surface area (Å²) in [5, 5.41) is 36.7. The minimum absolute atomic E-state index is 0.629. The first-order valence-electron chi connectivity index (χ1n) is 4.27. The van der Waals surface area contributed by atoms with Crippen molar-refractivity contribution in [3.05, 3.63) is 0 Å². The van der Waals surface area contributed by atoms with Crippen LogP contribution in [0.25, 0.3) is 0 Å². The number of hydrogen-bond acceptors (Lipinski definition) is 8. The number of hydrogen-bond donors (Lipinski definition) is 5. The van der Waals surface area contributed by atoms with Crippen molar-refractivity contribution in [1.29, 1.82) is 0 Å². The maximum atomic E-state index is 10.1. The van der Waals surface area contributed by atoms with Crippen LogP contribution in [0.5, 0.6) is 0 Å². The minimum atomic E-state index is -3.06. The highest BCUT2D eigenvalue weighted by molar-refractivity contribution is 7.31. The quantitative estimate of drug-likeness (QED) is 0.208. The SMILES string of the molecule is O=[P+](O)OO[C@H]1O[C@@H](CO)[C@H](O)[C@@H](O)[C@H]1O. The first-order valence-corrected chi connectivity index (χ1v) is 5.40. The molecule has 0 spiro atoms. The number of aliphatic hydroxyl groups excluding tert-OH is 4. The molecule has 1 heterocycles. The van der Waals surface area contributed by atoms with Gasteiger partial charge in [-0.2, -0.15) is 4.89 Å². The summed E-state index contributed by atoms with van der Waals surface area (Å²) in [5.41, 5.74) is 0. The van der Waals surface area contributed by atoms with Crippen molar-refractivity contribution in [2.75, 3.05) is 6.61 Å². The molecule has 0 bridgehead atoms. The summed E-state index contributed by atoms with van der Waals surface area (Å²) in [6.45, 7) is -0.629. The fourth-order valence-corrected chi connectivity index (χ4v) is 1.38. The normalized spacial score (nSPS) is 40.8. The van der Waals surface area contributed by atoms with Gasteiger partial charge in [0.2, 0.25) is 6.29 Å². The molecule has 0 saturated carbocycles. The lowest BCUT2D eigenvalue weighted by Gasteiger charge is -2.37. The fraction of sp³-hybridized carbons (Fsp3) is 1.00. The van der Waals surface area contributed by atoms with Gasteiger partial charge in [0.1, 0.15) is 24.4 Å². The minimum Gasteiger partial charge on any atom is -0.394 e. The third kappa shape index (κ3) is 3.14. The lowest BCUT2D eigenvalue weighted by molar-refractivity contribution is -0.387. The molecule has 1 aliphatic heterocycles. The van der Waals surface area contributed by atoms with Crippen molar-refractivity contribution in [3.8, 4) is 0 Å². The number of aliphatic hydroxyl groups is 4. The Morgan fingerprint density at radius 3 is 2.31 bits per heavy atom. The Kier molecular flexibility index (Phi) is 5.12. The van der Waals surface area contributed by atoms with Gasteiger partial charge in [-0.1, -0.05) is 0 Å². The van der Waals surface area contributed by atoms with Crippen molar-refractivity contribution < 1.29 is 44.2 Å². The van der Waals surface area contributed by atoms with Gasteiger partial charge >= 0.3 is 8.25 Å². The smallest absolute Gasteiger partial charge is 0.394 e. The molecule has 94 valence electrons. The van der Waals surface area contributed by atoms with E-state index >= 15 is 0 Å². The molecule has 9 nitrogen and oxygen atoms in total. The molecule has 1 rings (SSSR count). The van der Waals surface area contributed by atoms with E-state index in [9.17, 15) is 19.9 Å². The molecule has 0 aromatic rings. The van der Waals surface area contributed by atoms with Gasteiger partial charge in [-0.3, -0.25) is 0 Å². The summed E-state index contributed by atoms with van der Waals surface area (Å²) < 4.78 is 18.8. The molecule has 0 aliphatic carbocycles. The van der Waals surface area contributed by atoms with Gasteiger partial charge in [-0.25, -0.2) is 0 Å². The van der Waals surface area contributed by atoms with E-state index in [0.717, 1.165) is 0 Å². The third-order valence-electron chi connectivity index (χ3n) is 2.05. The molecule has 1 saturated heterocycles. The molecule has 1 unspecified atom stereocenters. The van der Waals surface area contributed by atoms with Gasteiger partial charge in [0.25, 0.3) is 0 Å². The third-order valence-corrected chi connectivity index (χ3v) is 2.26. The predicted octanol–water partition coefficient (Wildman–Crippen LogP) is -2.62. The highest BCUT2D eigenvalue weighted by atomic mass is 31.1. The van der Waals surface area contributed by atoms with Crippen LogP contribution in [-0.2, 0) is 18.9 Å². The van der Waals surface area contributed by atoms with Crippen molar-refractivity contribution >= 4 is 8.25 Å². The summed E-state index contributed by atoms with van der Waals surface area (Å²) >= 11 is 0. The highest BCUT2D eigenvalue weighted by Gasteiger charge is 2.45. The Morgan fingerprint density at radius 1 is 1.19 bits per heavy atom. The first-order chi connectivity index (χ1) is 7.47. The van der Waals surface area contributed by atoms with E-state index in [1.807, 2.05) is 0 Å². The largest absolute Gasteiger partial charge is 0.726 e. The van der Waals surface area contributed by atoms with Crippen molar-refractivity contribution in [1.82, 2.24) is 0 Å². The second kappa shape index (κ2) is 5.92. The highest BCUT2D eigenvalue weighted by Crippen LogP contribution is 2.25. The summed E-state index contributed by atoms with van der Waals surface area (Å²) in [6.07, 6.45) is -7.57. The van der Waals surface area contributed by atoms with Crippen LogP contribution in [0.2, 0.25) is 0 Å². The lowest BCUT2D eigenvalue weighted by Crippen LogP contribution is -2.59. The molecule has 6 atom stereocenters. The second-order valence-corrected chi connectivity index (χ2v) is 3.73. The number of rotatable bonds is 4. The van der Waals surface area contributed by atoms with E-state index in [-0.39, 0.29) is 0 Å². The monoisotopic (exact) mass is 259 g/mol. The Bertz CT molecular complexity index is 246. The summed E-state index contributed by atoms with van der Waals surface area (Å²) in [4.78, 5) is 12.5. The zero-order valence-electron chi connectivity index (χ0n) is 7.91. The van der Waals surface area contributed by atoms with E-state index in [1.54, 1.807) is 0 Å². The maximum absolute atomic E-state index is 10.1. The Hall–Kier alpha value is -0.220. The average molecular weight is 259 g/mol. The van der Waals surface area contributed by atoms with E-state index in [4.69, 9.17) is 14.7 Å². The van der Waals surface area contributed by atoms with E-state index < -0.39 is 45.6 Å². The molecule has 1 aliphatic rings. The molecule has 10 heteroatoms. The fourth-order valence-electron chi connectivity index (χ4n) is 1.23. The van der Waals surface area contributed by atoms with Crippen LogP contribution in [0.1, 0.15) is 0 Å². The molecule has 16 heavy (non-hydrogen) atoms. The Balaban J connectivity index is 2.60. The van der Waals surface area contributed by atoms with Crippen LogP contribution in [0, 0.1) is 0 Å². The van der Waals surface area contributed by atoms with E-state index in [1.165, 1.54) is 0 Å². The van der Waals surface area contributed by atoms with Crippen molar-refractivity contribution in [2.45, 2.75) is 30.7 Å². The molecular formula is C6H12O9P+. The van der Waals surface area contributed by atoms with Gasteiger partial charge < -0.3 is 25.2 Å². The topological polar surface area (TPSA) is 146 Å². The van der Waals surface area contributed by atoms with Crippen LogP contribution in [0.15, 0.2) is 0 Å². The predicted molar refractivity (Wildman–Crippen MR) is 45.8 cm³/mol. The van der Waals surface area contributed by atoms with E-state index in [2.05, 4.69) is 9.56 Å². The van der Waals surface area contributed by atoms with Crippen LogP contribution in [-0.4, -0.2) is 62.6 Å². The molecule has 0 amide bonds. The molecular weight excluding hydrogens is 247 g/mol. The number of ether oxygens (including phenoxy) is 1. The van der Waals surface area contributed by atoms with Crippen LogP contribution in [0.4, 0.5) is 0 Å². The Morgan fingerprint density at radius 2 is 1.81 bits per heavy atom. The van der Waals surface area contributed by atoms with Crippen molar-refractivity contribution in [3.63, 3.8) is 0 Å². The van der Waals surface area contributed by atoms with Gasteiger partial charge in [-0.15, -0.1) is 4.89 Å². The standard InChI is InChI=1S/C6H11O9P/c7-1-2-3(8)4(9)5(10)6(13-2)14-15-16(11)12/h2-10H,1H2/p+1/t2-,3-,4+,5+,6+/m0/s1. The van der Waals surface area contributed by atoms with Crippen LogP contribution >= 0.6 is 8.25 Å². The van der Waals surface area contributed by atoms with E-state index in [0.29, 0.717) is 0 Å². The lowest BCUT2D eigenvalue weighted by atomic mass is 9.99. The zero-order valence-corrected chi connectivity index (χ0v) is 8.80. The van der Waals surface area contributed by atoms with Crippen molar-refractivity contribution in [2.24, 2.45) is 0 Å². The van der Waals surface area contributed by atoms with Gasteiger partial charge in [0.05, 0.1) is 11.3 Å². The molecule has 0 aromatic heterocycles. The second-order valence-electron chi connectivity index (χ2n) is 3.11. The zero-order chi connectivity index (χ0) is 12.3. The molecule has 0 aromatic carbocycles. The van der Waals surface area contributed by atoms with Crippen LogP contribution in [0.3, 0.4) is 0 Å². The Labute approximate surface area is 90.7 Å². The maximum Gasteiger partial charge on any atom is 0.726 e. The van der Waals surface area contributed by atoms with Gasteiger partial charge in [0.15, 0.2) is 0 Å². The molecule has 5 N–H and O–H groups in total. The summed E-state index contributed by atoms with van der Waals surface area (Å²) in [7, 11) is -3.06. The summed E-state index contributed by atoms with van der Waals surface area (Å²) in [6, 6.07) is 0. The van der Waals surface area contributed by atoms with Gasteiger partial charge in [0, 0.05) is 4.57 Å². The average Bonchev–Trinajstić information content (AvgIpc) is 2.25. The molecule has 1 fully saturated rings. The first kappa shape index (κ1) is 13.8. The van der Waals surface area contributed by atoms with Gasteiger partial charge in [-0.05, 0) is 0 Å². The molecule has 0 radical (unpaired) electrons.